The van der Waals surface area contributed by atoms with Crippen molar-refractivity contribution >= 4 is 11.6 Å². The Morgan fingerprint density at radius 3 is 2.95 bits per heavy atom. The smallest absolute Gasteiger partial charge is 0.254 e. The monoisotopic (exact) mass is 281 g/mol. The zero-order valence-electron chi connectivity index (χ0n) is 11.0. The largest absolute Gasteiger partial charge is 0.480 e. The van der Waals surface area contributed by atoms with Gasteiger partial charge in [-0.15, -0.1) is 0 Å². The SMILES string of the molecule is COc1ncccc1NC(=O)C1NNC(C)C1[N+](=O)[O-]. The number of nitro groups is 1. The molecule has 108 valence electrons. The molecule has 0 spiro atoms. The number of hydrogen-bond acceptors (Lipinski definition) is 7. The van der Waals surface area contributed by atoms with Crippen LogP contribution in [0.4, 0.5) is 5.69 Å². The van der Waals surface area contributed by atoms with Crippen molar-refractivity contribution in [1.82, 2.24) is 15.8 Å². The van der Waals surface area contributed by atoms with E-state index in [1.807, 2.05) is 0 Å². The summed E-state index contributed by atoms with van der Waals surface area (Å²) in [7, 11) is 1.43. The highest BCUT2D eigenvalue weighted by Crippen LogP contribution is 2.21. The molecule has 1 fully saturated rings. The molecule has 0 aliphatic carbocycles. The number of pyridine rings is 1. The maximum atomic E-state index is 12.1. The van der Waals surface area contributed by atoms with Crippen LogP contribution in [0.15, 0.2) is 18.3 Å². The van der Waals surface area contributed by atoms with Crippen LogP contribution in [0.1, 0.15) is 6.92 Å². The number of amides is 1. The molecule has 1 aromatic rings. The molecule has 20 heavy (non-hydrogen) atoms. The summed E-state index contributed by atoms with van der Waals surface area (Å²) < 4.78 is 5.01. The molecular weight excluding hydrogens is 266 g/mol. The average molecular weight is 281 g/mol. The molecule has 0 radical (unpaired) electrons. The Balaban J connectivity index is 2.14. The topological polar surface area (TPSA) is 118 Å². The second-order valence-electron chi connectivity index (χ2n) is 4.38. The standard InChI is InChI=1S/C11H15N5O4/c1-6-9(16(18)19)8(15-14-6)10(17)13-7-4-3-5-12-11(7)20-2/h3-6,8-9,14-15H,1-2H3,(H,13,17). The molecular formula is C11H15N5O4. The summed E-state index contributed by atoms with van der Waals surface area (Å²) in [6.45, 7) is 1.64. The van der Waals surface area contributed by atoms with E-state index >= 15 is 0 Å². The molecule has 1 aliphatic rings. The quantitative estimate of drug-likeness (QED) is 0.504. The molecule has 1 amide bonds. The van der Waals surface area contributed by atoms with Gasteiger partial charge in [0.15, 0.2) is 6.04 Å². The van der Waals surface area contributed by atoms with E-state index in [-0.39, 0.29) is 5.88 Å². The van der Waals surface area contributed by atoms with E-state index in [0.29, 0.717) is 5.69 Å². The first-order chi connectivity index (χ1) is 9.54. The predicted octanol–water partition coefficient (Wildman–Crippen LogP) is -0.461. The molecule has 1 aromatic heterocycles. The second-order valence-corrected chi connectivity index (χ2v) is 4.38. The Morgan fingerprint density at radius 1 is 1.55 bits per heavy atom. The highest BCUT2D eigenvalue weighted by molar-refractivity contribution is 5.96. The number of hydrazine groups is 1. The third kappa shape index (κ3) is 2.68. The summed E-state index contributed by atoms with van der Waals surface area (Å²) in [5, 5.41) is 13.6. The van der Waals surface area contributed by atoms with Crippen LogP contribution in [0.25, 0.3) is 0 Å². The second kappa shape index (κ2) is 5.80. The van der Waals surface area contributed by atoms with Crippen LogP contribution >= 0.6 is 0 Å². The Hall–Kier alpha value is -2.26. The fourth-order valence-corrected chi connectivity index (χ4v) is 2.06. The highest BCUT2D eigenvalue weighted by atomic mass is 16.6. The van der Waals surface area contributed by atoms with E-state index in [1.165, 1.54) is 13.3 Å². The number of anilines is 1. The molecule has 0 aromatic carbocycles. The lowest BCUT2D eigenvalue weighted by Crippen LogP contribution is -2.47. The molecule has 9 nitrogen and oxygen atoms in total. The fraction of sp³-hybridized carbons (Fsp3) is 0.455. The molecule has 3 N–H and O–H groups in total. The van der Waals surface area contributed by atoms with Gasteiger partial charge in [0, 0.05) is 11.1 Å². The van der Waals surface area contributed by atoms with Crippen LogP contribution in [0.2, 0.25) is 0 Å². The summed E-state index contributed by atoms with van der Waals surface area (Å²) in [6, 6.07) is 0.780. The lowest BCUT2D eigenvalue weighted by atomic mass is 10.0. The summed E-state index contributed by atoms with van der Waals surface area (Å²) in [5.74, 6) is -0.271. The number of nitrogens with one attached hydrogen (secondary N) is 3. The Kier molecular flexibility index (Phi) is 4.11. The van der Waals surface area contributed by atoms with E-state index in [9.17, 15) is 14.9 Å². The fourth-order valence-electron chi connectivity index (χ4n) is 2.06. The minimum atomic E-state index is -1.04. The van der Waals surface area contributed by atoms with E-state index < -0.39 is 29.0 Å². The summed E-state index contributed by atoms with van der Waals surface area (Å²) in [6.07, 6.45) is 1.52. The van der Waals surface area contributed by atoms with Gasteiger partial charge in [0.05, 0.1) is 13.2 Å². The molecule has 3 atom stereocenters. The summed E-state index contributed by atoms with van der Waals surface area (Å²) >= 11 is 0. The molecule has 1 aliphatic heterocycles. The van der Waals surface area contributed by atoms with Crippen LogP contribution in [0.3, 0.4) is 0 Å². The number of hydrogen-bond donors (Lipinski definition) is 3. The van der Waals surface area contributed by atoms with E-state index in [2.05, 4.69) is 21.2 Å². The van der Waals surface area contributed by atoms with E-state index in [4.69, 9.17) is 4.74 Å². The van der Waals surface area contributed by atoms with Crippen molar-refractivity contribution in [1.29, 1.82) is 0 Å². The molecule has 9 heteroatoms. The normalized spacial score (nSPS) is 25.2. The van der Waals surface area contributed by atoms with Crippen LogP contribution in [0.5, 0.6) is 5.88 Å². The Morgan fingerprint density at radius 2 is 2.30 bits per heavy atom. The van der Waals surface area contributed by atoms with Crippen molar-refractivity contribution in [2.24, 2.45) is 0 Å². The zero-order valence-corrected chi connectivity index (χ0v) is 11.0. The van der Waals surface area contributed by atoms with Crippen molar-refractivity contribution < 1.29 is 14.5 Å². The van der Waals surface area contributed by atoms with Crippen molar-refractivity contribution in [2.75, 3.05) is 12.4 Å². The van der Waals surface area contributed by atoms with Gasteiger partial charge in [-0.3, -0.25) is 14.9 Å². The molecule has 0 bridgehead atoms. The van der Waals surface area contributed by atoms with Gasteiger partial charge in [0.2, 0.25) is 11.8 Å². The number of aromatic nitrogens is 1. The molecule has 1 saturated heterocycles. The molecule has 3 unspecified atom stereocenters. The maximum absolute atomic E-state index is 12.1. The third-order valence-corrected chi connectivity index (χ3v) is 3.07. The van der Waals surface area contributed by atoms with Crippen molar-refractivity contribution in [3.63, 3.8) is 0 Å². The lowest BCUT2D eigenvalue weighted by molar-refractivity contribution is -0.522. The van der Waals surface area contributed by atoms with Gasteiger partial charge in [-0.25, -0.2) is 15.8 Å². The number of ether oxygens (including phenoxy) is 1. The third-order valence-electron chi connectivity index (χ3n) is 3.07. The van der Waals surface area contributed by atoms with E-state index in [1.54, 1.807) is 19.1 Å². The van der Waals surface area contributed by atoms with Gasteiger partial charge in [-0.1, -0.05) is 0 Å². The van der Waals surface area contributed by atoms with Crippen molar-refractivity contribution in [3.05, 3.63) is 28.4 Å². The lowest BCUT2D eigenvalue weighted by Gasteiger charge is -2.14. The van der Waals surface area contributed by atoms with Gasteiger partial charge in [-0.2, -0.15) is 0 Å². The minimum absolute atomic E-state index is 0.248. The van der Waals surface area contributed by atoms with Crippen LogP contribution in [-0.4, -0.2) is 41.0 Å². The van der Waals surface area contributed by atoms with Crippen molar-refractivity contribution in [3.8, 4) is 5.88 Å². The van der Waals surface area contributed by atoms with Crippen LogP contribution in [0, 0.1) is 10.1 Å². The molecule has 2 heterocycles. The predicted molar refractivity (Wildman–Crippen MR) is 69.7 cm³/mol. The number of rotatable bonds is 4. The van der Waals surface area contributed by atoms with Gasteiger partial charge in [-0.05, 0) is 19.1 Å². The number of nitrogens with zero attached hydrogens (tertiary/aromatic N) is 2. The van der Waals surface area contributed by atoms with Gasteiger partial charge in [0.1, 0.15) is 5.69 Å². The van der Waals surface area contributed by atoms with Crippen molar-refractivity contribution in [2.45, 2.75) is 25.0 Å². The summed E-state index contributed by atoms with van der Waals surface area (Å²) in [4.78, 5) is 26.6. The van der Waals surface area contributed by atoms with E-state index in [0.717, 1.165) is 0 Å². The first-order valence-corrected chi connectivity index (χ1v) is 5.99. The number of carbonyl (C=O) groups is 1. The van der Waals surface area contributed by atoms with Gasteiger partial charge >= 0.3 is 0 Å². The molecule has 0 saturated carbocycles. The highest BCUT2D eigenvalue weighted by Gasteiger charge is 2.46. The van der Waals surface area contributed by atoms with Crippen LogP contribution < -0.4 is 20.9 Å². The van der Waals surface area contributed by atoms with Crippen LogP contribution in [-0.2, 0) is 4.79 Å². The maximum Gasteiger partial charge on any atom is 0.254 e. The first kappa shape index (κ1) is 14.2. The number of methoxy groups -OCH3 is 1. The minimum Gasteiger partial charge on any atom is -0.480 e. The zero-order chi connectivity index (χ0) is 14.7. The average Bonchev–Trinajstić information content (AvgIpc) is 2.81. The van der Waals surface area contributed by atoms with Gasteiger partial charge in [0.25, 0.3) is 6.04 Å². The molecule has 2 rings (SSSR count). The first-order valence-electron chi connectivity index (χ1n) is 5.99. The Bertz CT molecular complexity index is 523. The van der Waals surface area contributed by atoms with Gasteiger partial charge < -0.3 is 10.1 Å². The Labute approximate surface area is 114 Å². The number of carbonyl (C=O) groups excluding carboxylic acids is 1. The summed E-state index contributed by atoms with van der Waals surface area (Å²) in [5.41, 5.74) is 5.69.